The van der Waals surface area contributed by atoms with Crippen LogP contribution in [0.25, 0.3) is 0 Å². The molecule has 1 unspecified atom stereocenters. The molecule has 172 valence electrons. The molecule has 0 amide bonds. The lowest BCUT2D eigenvalue weighted by molar-refractivity contribution is -0.384. The minimum atomic E-state index is -0.376. The lowest BCUT2D eigenvalue weighted by Crippen LogP contribution is -2.46. The van der Waals surface area contributed by atoms with E-state index in [2.05, 4.69) is 9.80 Å². The van der Waals surface area contributed by atoms with Gasteiger partial charge in [0.1, 0.15) is 5.78 Å². The summed E-state index contributed by atoms with van der Waals surface area (Å²) >= 11 is 0. The van der Waals surface area contributed by atoms with Gasteiger partial charge in [0.05, 0.1) is 4.92 Å². The number of Topliss-reactive ketones (excluding diaryl/α,β-unsaturated/α-hetero) is 2. The number of rotatable bonds is 7. The fourth-order valence-corrected chi connectivity index (χ4v) is 5.64. The summed E-state index contributed by atoms with van der Waals surface area (Å²) in [6, 6.07) is 10.7. The number of non-ortho nitro benzene ring substituents is 1. The summed E-state index contributed by atoms with van der Waals surface area (Å²) in [6.07, 6.45) is 3.87. The zero-order valence-corrected chi connectivity index (χ0v) is 18.8. The number of nitro groups is 1. The van der Waals surface area contributed by atoms with Gasteiger partial charge in [-0.25, -0.2) is 0 Å². The van der Waals surface area contributed by atoms with E-state index in [1.54, 1.807) is 12.1 Å². The third-order valence-corrected chi connectivity index (χ3v) is 7.44. The normalized spacial score (nSPS) is 20.6. The summed E-state index contributed by atoms with van der Waals surface area (Å²) in [5.41, 5.74) is 5.49. The van der Waals surface area contributed by atoms with Crippen LogP contribution in [0.15, 0.2) is 36.4 Å². The maximum absolute atomic E-state index is 13.1. The zero-order valence-electron chi connectivity index (χ0n) is 18.8. The summed E-state index contributed by atoms with van der Waals surface area (Å²) in [4.78, 5) is 40.5. The number of nitrogens with zero attached hydrogens (tertiary/aromatic N) is 3. The molecule has 0 spiro atoms. The fraction of sp³-hybridized carbons (Fsp3) is 0.462. The maximum Gasteiger partial charge on any atom is 0.269 e. The van der Waals surface area contributed by atoms with Crippen LogP contribution in [0.1, 0.15) is 57.8 Å². The highest BCUT2D eigenvalue weighted by Gasteiger charge is 2.36. The summed E-state index contributed by atoms with van der Waals surface area (Å²) in [5.74, 6) is 0.545. The summed E-state index contributed by atoms with van der Waals surface area (Å²) in [6.45, 7) is 5.19. The van der Waals surface area contributed by atoms with Gasteiger partial charge in [-0.05, 0) is 41.5 Å². The van der Waals surface area contributed by atoms with Gasteiger partial charge in [-0.2, -0.15) is 0 Å². The Labute approximate surface area is 193 Å². The van der Waals surface area contributed by atoms with Crippen LogP contribution in [0, 0.1) is 10.1 Å². The average molecular weight is 448 g/mol. The number of benzene rings is 2. The van der Waals surface area contributed by atoms with Gasteiger partial charge < -0.3 is 4.90 Å². The van der Waals surface area contributed by atoms with E-state index in [1.165, 1.54) is 5.56 Å². The Morgan fingerprint density at radius 2 is 1.76 bits per heavy atom. The maximum atomic E-state index is 13.1. The minimum absolute atomic E-state index is 0.0281. The van der Waals surface area contributed by atoms with Gasteiger partial charge in [0, 0.05) is 75.7 Å². The van der Waals surface area contributed by atoms with Crippen molar-refractivity contribution in [2.45, 2.75) is 44.6 Å². The van der Waals surface area contributed by atoms with E-state index in [1.807, 2.05) is 24.3 Å². The molecule has 1 saturated heterocycles. The first kappa shape index (κ1) is 21.9. The molecule has 2 aliphatic carbocycles. The van der Waals surface area contributed by atoms with Gasteiger partial charge in [-0.1, -0.05) is 24.3 Å². The van der Waals surface area contributed by atoms with Crippen molar-refractivity contribution in [3.8, 4) is 0 Å². The number of hydrogen-bond acceptors (Lipinski definition) is 6. The lowest BCUT2D eigenvalue weighted by atomic mass is 9.80. The predicted molar refractivity (Wildman–Crippen MR) is 125 cm³/mol. The predicted octanol–water partition coefficient (Wildman–Crippen LogP) is 3.53. The van der Waals surface area contributed by atoms with Crippen molar-refractivity contribution in [2.24, 2.45) is 0 Å². The third kappa shape index (κ3) is 4.48. The second-order valence-corrected chi connectivity index (χ2v) is 9.47. The van der Waals surface area contributed by atoms with Gasteiger partial charge in [-0.15, -0.1) is 0 Å². The van der Waals surface area contributed by atoms with E-state index in [9.17, 15) is 19.7 Å². The summed E-state index contributed by atoms with van der Waals surface area (Å²) < 4.78 is 0. The van der Waals surface area contributed by atoms with E-state index in [0.717, 1.165) is 80.8 Å². The Kier molecular flexibility index (Phi) is 6.08. The Morgan fingerprint density at radius 1 is 1.03 bits per heavy atom. The van der Waals surface area contributed by atoms with E-state index in [4.69, 9.17) is 0 Å². The first-order valence-electron chi connectivity index (χ1n) is 11.9. The molecular weight excluding hydrogens is 418 g/mol. The Morgan fingerprint density at radius 3 is 2.48 bits per heavy atom. The van der Waals surface area contributed by atoms with Gasteiger partial charge >= 0.3 is 0 Å². The van der Waals surface area contributed by atoms with Crippen LogP contribution in [0.4, 0.5) is 5.69 Å². The Balaban J connectivity index is 1.13. The Bertz CT molecular complexity index is 1090. The van der Waals surface area contributed by atoms with Crippen LogP contribution in [-0.2, 0) is 24.2 Å². The highest BCUT2D eigenvalue weighted by Crippen LogP contribution is 2.42. The SMILES string of the molecule is O=C(CCN1CCN(Cc2ccc([N+](=O)[O-])cc2)CC1)c1ccc2c3c1CCCC3C(=O)C2. The lowest BCUT2D eigenvalue weighted by Gasteiger charge is -2.34. The van der Waals surface area contributed by atoms with Gasteiger partial charge in [0.15, 0.2) is 5.78 Å². The van der Waals surface area contributed by atoms with Crippen LogP contribution in [0.2, 0.25) is 0 Å². The Hall–Kier alpha value is -2.90. The number of carbonyl (C=O) groups excluding carboxylic acids is 2. The smallest absolute Gasteiger partial charge is 0.269 e. The highest BCUT2D eigenvalue weighted by molar-refractivity contribution is 6.00. The van der Waals surface area contributed by atoms with E-state index >= 15 is 0 Å². The van der Waals surface area contributed by atoms with Crippen molar-refractivity contribution in [3.05, 3.63) is 74.3 Å². The monoisotopic (exact) mass is 447 g/mol. The second kappa shape index (κ2) is 9.15. The molecule has 1 heterocycles. The van der Waals surface area contributed by atoms with E-state index in [-0.39, 0.29) is 22.3 Å². The molecule has 7 nitrogen and oxygen atoms in total. The van der Waals surface area contributed by atoms with Crippen molar-refractivity contribution in [1.82, 2.24) is 9.80 Å². The summed E-state index contributed by atoms with van der Waals surface area (Å²) in [5, 5.41) is 10.8. The molecule has 5 rings (SSSR count). The molecule has 1 aliphatic heterocycles. The number of ketones is 2. The second-order valence-electron chi connectivity index (χ2n) is 9.47. The van der Waals surface area contributed by atoms with Crippen molar-refractivity contribution < 1.29 is 14.5 Å². The van der Waals surface area contributed by atoms with Crippen LogP contribution in [-0.4, -0.2) is 59.0 Å². The molecule has 1 atom stereocenters. The molecular formula is C26H29N3O4. The van der Waals surface area contributed by atoms with E-state index < -0.39 is 0 Å². The summed E-state index contributed by atoms with van der Waals surface area (Å²) in [7, 11) is 0. The van der Waals surface area contributed by atoms with Crippen LogP contribution in [0.5, 0.6) is 0 Å². The molecule has 7 heteroatoms. The third-order valence-electron chi connectivity index (χ3n) is 7.44. The van der Waals surface area contributed by atoms with Crippen molar-refractivity contribution in [1.29, 1.82) is 0 Å². The van der Waals surface area contributed by atoms with Crippen LogP contribution < -0.4 is 0 Å². The van der Waals surface area contributed by atoms with Gasteiger partial charge in [-0.3, -0.25) is 24.6 Å². The zero-order chi connectivity index (χ0) is 22.9. The minimum Gasteiger partial charge on any atom is -0.300 e. The van der Waals surface area contributed by atoms with Crippen molar-refractivity contribution >= 4 is 17.3 Å². The molecule has 0 saturated carbocycles. The van der Waals surface area contributed by atoms with Gasteiger partial charge in [0.2, 0.25) is 0 Å². The first-order valence-corrected chi connectivity index (χ1v) is 11.9. The number of hydrogen-bond donors (Lipinski definition) is 0. The molecule has 0 aromatic heterocycles. The van der Waals surface area contributed by atoms with Gasteiger partial charge in [0.25, 0.3) is 5.69 Å². The first-order chi connectivity index (χ1) is 16.0. The molecule has 0 N–H and O–H groups in total. The largest absolute Gasteiger partial charge is 0.300 e. The molecule has 2 aromatic rings. The molecule has 1 fully saturated rings. The molecule has 33 heavy (non-hydrogen) atoms. The van der Waals surface area contributed by atoms with Crippen LogP contribution >= 0.6 is 0 Å². The highest BCUT2D eigenvalue weighted by atomic mass is 16.6. The molecule has 0 bridgehead atoms. The fourth-order valence-electron chi connectivity index (χ4n) is 5.64. The van der Waals surface area contributed by atoms with Crippen LogP contribution in [0.3, 0.4) is 0 Å². The topological polar surface area (TPSA) is 83.8 Å². The average Bonchev–Trinajstić information content (AvgIpc) is 3.16. The number of carbonyl (C=O) groups is 2. The quantitative estimate of drug-likeness (QED) is 0.367. The number of piperazine rings is 1. The standard InChI is InChI=1S/C26H29N3O4/c30-24(21-9-6-19-16-25(31)23-3-1-2-22(21)26(19)23)10-11-27-12-14-28(15-13-27)17-18-4-7-20(8-5-18)29(32)33/h4-9,23H,1-3,10-17H2. The van der Waals surface area contributed by atoms with E-state index in [0.29, 0.717) is 18.6 Å². The molecule has 2 aromatic carbocycles. The van der Waals surface area contributed by atoms with Crippen molar-refractivity contribution in [3.63, 3.8) is 0 Å². The van der Waals surface area contributed by atoms with Crippen molar-refractivity contribution in [2.75, 3.05) is 32.7 Å². The molecule has 3 aliphatic rings. The molecule has 0 radical (unpaired) electrons. The number of nitro benzene ring substituents is 1.